The second-order valence-electron chi connectivity index (χ2n) is 5.84. The predicted octanol–water partition coefficient (Wildman–Crippen LogP) is 4.53. The van der Waals surface area contributed by atoms with E-state index in [2.05, 4.69) is 6.58 Å². The van der Waals surface area contributed by atoms with Gasteiger partial charge in [0.1, 0.15) is 6.61 Å². The zero-order chi connectivity index (χ0) is 18.4. The average Bonchev–Trinajstić information content (AvgIpc) is 2.58. The number of rotatable bonds is 8. The maximum atomic E-state index is 13.6. The lowest BCUT2D eigenvalue weighted by atomic mass is 10.0. The number of hydrogen-bond acceptors (Lipinski definition) is 4. The number of carbonyl (C=O) groups excluding carboxylic acids is 1. The first-order chi connectivity index (χ1) is 11.9. The predicted molar refractivity (Wildman–Crippen MR) is 101 cm³/mol. The maximum Gasteiger partial charge on any atom is 0.300 e. The Morgan fingerprint density at radius 1 is 1.08 bits per heavy atom. The summed E-state index contributed by atoms with van der Waals surface area (Å²) >= 11 is 0. The molecule has 1 unspecified atom stereocenters. The summed E-state index contributed by atoms with van der Waals surface area (Å²) < 4.78 is 24.2. The van der Waals surface area contributed by atoms with Gasteiger partial charge in [-0.3, -0.25) is 9.36 Å². The molecule has 0 aromatic heterocycles. The Balaban J connectivity index is 2.47. The van der Waals surface area contributed by atoms with Crippen molar-refractivity contribution < 1.29 is 18.6 Å². The third-order valence-electron chi connectivity index (χ3n) is 3.85. The summed E-state index contributed by atoms with van der Waals surface area (Å²) in [6, 6.07) is 12.4. The summed E-state index contributed by atoms with van der Waals surface area (Å²) in [7, 11) is -3.75. The molecule has 0 aliphatic carbocycles. The Hall–Kier alpha value is -2.16. The van der Waals surface area contributed by atoms with Gasteiger partial charge in [-0.2, -0.15) is 0 Å². The summed E-state index contributed by atoms with van der Waals surface area (Å²) in [5, 5.41) is 0.387. The van der Waals surface area contributed by atoms with Crippen LogP contribution in [0, 0.1) is 20.8 Å². The Morgan fingerprint density at radius 2 is 1.68 bits per heavy atom. The average molecular weight is 358 g/mol. The number of carbonyl (C=O) groups is 1. The monoisotopic (exact) mass is 358 g/mol. The van der Waals surface area contributed by atoms with Crippen LogP contribution in [0.2, 0.25) is 0 Å². The largest absolute Gasteiger partial charge is 0.499 e. The van der Waals surface area contributed by atoms with Crippen molar-refractivity contribution in [1.29, 1.82) is 0 Å². The molecule has 0 amide bonds. The molecular formula is C20H23O4P. The van der Waals surface area contributed by atoms with Crippen LogP contribution in [0.15, 0.2) is 55.3 Å². The van der Waals surface area contributed by atoms with Gasteiger partial charge in [0, 0.05) is 10.9 Å². The van der Waals surface area contributed by atoms with Gasteiger partial charge in [-0.1, -0.05) is 42.5 Å². The van der Waals surface area contributed by atoms with Gasteiger partial charge in [-0.15, -0.1) is 0 Å². The molecule has 2 aromatic rings. The highest BCUT2D eigenvalue weighted by molar-refractivity contribution is 7.83. The molecule has 1 atom stereocenters. The highest BCUT2D eigenvalue weighted by Crippen LogP contribution is 2.49. The fourth-order valence-corrected chi connectivity index (χ4v) is 4.88. The molecule has 0 bridgehead atoms. The van der Waals surface area contributed by atoms with E-state index in [1.54, 1.807) is 24.3 Å². The molecule has 132 valence electrons. The molecule has 0 aliphatic heterocycles. The Bertz CT molecular complexity index is 789. The first-order valence-corrected chi connectivity index (χ1v) is 9.68. The smallest absolute Gasteiger partial charge is 0.300 e. The molecule has 0 aliphatic rings. The van der Waals surface area contributed by atoms with Crippen LogP contribution in [0.1, 0.15) is 27.0 Å². The highest BCUT2D eigenvalue weighted by atomic mass is 31.2. The third-order valence-corrected chi connectivity index (χ3v) is 6.13. The zero-order valence-corrected chi connectivity index (χ0v) is 15.7. The highest BCUT2D eigenvalue weighted by Gasteiger charge is 2.37. The quantitative estimate of drug-likeness (QED) is 0.395. The van der Waals surface area contributed by atoms with Crippen LogP contribution in [-0.2, 0) is 13.8 Å². The van der Waals surface area contributed by atoms with Crippen molar-refractivity contribution >= 4 is 18.2 Å². The molecule has 2 aromatic carbocycles. The van der Waals surface area contributed by atoms with Crippen LogP contribution in [0.4, 0.5) is 0 Å². The van der Waals surface area contributed by atoms with Crippen molar-refractivity contribution in [3.8, 4) is 0 Å². The summed E-state index contributed by atoms with van der Waals surface area (Å²) in [5.41, 5.74) is 2.63. The molecule has 4 nitrogen and oxygen atoms in total. The van der Waals surface area contributed by atoms with Crippen LogP contribution in [0.5, 0.6) is 0 Å². The van der Waals surface area contributed by atoms with E-state index in [4.69, 9.17) is 9.26 Å². The minimum absolute atomic E-state index is 0.0356. The Morgan fingerprint density at radius 3 is 2.24 bits per heavy atom. The maximum absolute atomic E-state index is 13.6. The molecule has 0 spiro atoms. The standard InChI is InChI=1S/C20H23O4P/c1-5-23-11-12-24-25(22,18-9-7-6-8-10-18)20(21)19-16(3)13-15(2)14-17(19)4/h5-10,13-14H,1,11-12H2,2-4H3. The third kappa shape index (κ3) is 4.28. The van der Waals surface area contributed by atoms with E-state index in [9.17, 15) is 9.36 Å². The van der Waals surface area contributed by atoms with Crippen molar-refractivity contribution in [2.75, 3.05) is 13.2 Å². The van der Waals surface area contributed by atoms with E-state index in [-0.39, 0.29) is 13.2 Å². The molecule has 0 fully saturated rings. The summed E-state index contributed by atoms with van der Waals surface area (Å²) in [6.07, 6.45) is 1.28. The van der Waals surface area contributed by atoms with Crippen LogP contribution in [0.3, 0.4) is 0 Å². The molecule has 0 saturated heterocycles. The lowest BCUT2D eigenvalue weighted by molar-refractivity contribution is 0.104. The Labute approximate surface area is 148 Å². The zero-order valence-electron chi connectivity index (χ0n) is 14.8. The van der Waals surface area contributed by atoms with Crippen LogP contribution in [-0.4, -0.2) is 18.7 Å². The number of benzene rings is 2. The van der Waals surface area contributed by atoms with Crippen molar-refractivity contribution in [1.82, 2.24) is 0 Å². The van der Waals surface area contributed by atoms with Gasteiger partial charge >= 0.3 is 7.37 Å². The number of ether oxygens (including phenoxy) is 1. The SMILES string of the molecule is C=COCCOP(=O)(C(=O)c1c(C)cc(C)cc1C)c1ccccc1. The molecule has 0 saturated carbocycles. The number of aryl methyl sites for hydroxylation is 3. The second-order valence-corrected chi connectivity index (χ2v) is 8.12. The van der Waals surface area contributed by atoms with Gasteiger partial charge in [0.15, 0.2) is 0 Å². The van der Waals surface area contributed by atoms with E-state index in [1.807, 2.05) is 39.0 Å². The molecule has 2 rings (SSSR count). The summed E-state index contributed by atoms with van der Waals surface area (Å²) in [4.78, 5) is 13.2. The summed E-state index contributed by atoms with van der Waals surface area (Å²) in [5.74, 6) is 0. The van der Waals surface area contributed by atoms with E-state index >= 15 is 0 Å². The van der Waals surface area contributed by atoms with Gasteiger partial charge in [-0.25, -0.2) is 0 Å². The van der Waals surface area contributed by atoms with Gasteiger partial charge in [0.05, 0.1) is 12.9 Å². The van der Waals surface area contributed by atoms with Crippen molar-refractivity contribution in [2.45, 2.75) is 20.8 Å². The first-order valence-electron chi connectivity index (χ1n) is 8.05. The minimum Gasteiger partial charge on any atom is -0.499 e. The minimum atomic E-state index is -3.75. The molecule has 0 heterocycles. The van der Waals surface area contributed by atoms with Gasteiger partial charge < -0.3 is 9.26 Å². The van der Waals surface area contributed by atoms with Crippen LogP contribution >= 0.6 is 7.37 Å². The molecule has 0 radical (unpaired) electrons. The van der Waals surface area contributed by atoms with Gasteiger partial charge in [0.2, 0.25) is 0 Å². The first kappa shape index (κ1) is 19.2. The fourth-order valence-electron chi connectivity index (χ4n) is 2.84. The van der Waals surface area contributed by atoms with Crippen LogP contribution in [0.25, 0.3) is 0 Å². The fraction of sp³-hybridized carbons (Fsp3) is 0.250. The van der Waals surface area contributed by atoms with E-state index in [1.165, 1.54) is 6.26 Å². The lowest BCUT2D eigenvalue weighted by Gasteiger charge is -2.20. The normalized spacial score (nSPS) is 13.1. The van der Waals surface area contributed by atoms with Crippen molar-refractivity contribution in [2.24, 2.45) is 0 Å². The van der Waals surface area contributed by atoms with E-state index in [0.29, 0.717) is 10.9 Å². The second kappa shape index (κ2) is 8.28. The number of hydrogen-bond donors (Lipinski definition) is 0. The molecular weight excluding hydrogens is 335 g/mol. The van der Waals surface area contributed by atoms with Crippen LogP contribution < -0.4 is 5.30 Å². The van der Waals surface area contributed by atoms with E-state index < -0.39 is 12.9 Å². The van der Waals surface area contributed by atoms with Crippen molar-refractivity contribution in [3.63, 3.8) is 0 Å². The molecule has 5 heteroatoms. The lowest BCUT2D eigenvalue weighted by Crippen LogP contribution is -2.19. The van der Waals surface area contributed by atoms with Gasteiger partial charge in [0.25, 0.3) is 5.52 Å². The molecule has 0 N–H and O–H groups in total. The van der Waals surface area contributed by atoms with Crippen molar-refractivity contribution in [3.05, 3.63) is 77.6 Å². The van der Waals surface area contributed by atoms with E-state index in [0.717, 1.165) is 16.7 Å². The Kier molecular flexibility index (Phi) is 6.35. The topological polar surface area (TPSA) is 52.6 Å². The van der Waals surface area contributed by atoms with Gasteiger partial charge in [-0.05, 0) is 44.0 Å². The molecule has 25 heavy (non-hydrogen) atoms. The summed E-state index contributed by atoms with van der Waals surface area (Å²) in [6.45, 7) is 9.34.